The average Bonchev–Trinajstić information content (AvgIpc) is 4.36. The zero-order chi connectivity index (χ0) is 54.3. The number of pyridine rings is 2. The van der Waals surface area contributed by atoms with Crippen LogP contribution in [-0.2, 0) is 21.1 Å². The third kappa shape index (κ3) is 8.72. The molecule has 5 aromatic heterocycles. The first kappa shape index (κ1) is 51.5. The maximum atomic E-state index is 5.91. The number of aromatic nitrogens is 6. The van der Waals surface area contributed by atoms with Gasteiger partial charge >= 0.3 is 21.1 Å². The van der Waals surface area contributed by atoms with E-state index < -0.39 is 0 Å². The Bertz CT molecular complexity index is 4680. The normalized spacial score (nSPS) is 11.8. The molecule has 0 aliphatic rings. The molecule has 14 rings (SSSR count). The van der Waals surface area contributed by atoms with Gasteiger partial charge in [-0.3, -0.25) is 9.55 Å². The Labute approximate surface area is 487 Å². The molecular formula is C74H58N6Pt. The van der Waals surface area contributed by atoms with E-state index in [-0.39, 0.29) is 21.1 Å². The fourth-order valence-electron chi connectivity index (χ4n) is 12.8. The van der Waals surface area contributed by atoms with Crippen molar-refractivity contribution in [3.8, 4) is 78.5 Å². The molecule has 0 unspecified atom stereocenters. The minimum absolute atomic E-state index is 0. The summed E-state index contributed by atoms with van der Waals surface area (Å²) in [6, 6.07) is 74.5. The number of hydrogen-bond acceptors (Lipinski definition) is 3. The second-order valence-corrected chi connectivity index (χ2v) is 22.1. The Balaban J connectivity index is 0.00000618. The first-order chi connectivity index (χ1) is 39.1. The summed E-state index contributed by atoms with van der Waals surface area (Å²) >= 11 is 0. The van der Waals surface area contributed by atoms with Crippen molar-refractivity contribution in [3.05, 3.63) is 247 Å². The smallest absolute Gasteiger partial charge is 0.656 e. The topological polar surface area (TPSA) is 62.6 Å². The summed E-state index contributed by atoms with van der Waals surface area (Å²) in [6.45, 7) is 15.8. The molecule has 14 aromatic rings. The Morgan fingerprint density at radius 3 is 1.91 bits per heavy atom. The molecular weight excluding hydrogens is 1170 g/mol. The van der Waals surface area contributed by atoms with Crippen LogP contribution in [0.5, 0.6) is 0 Å². The molecule has 0 bridgehead atoms. The molecule has 7 heteroatoms. The van der Waals surface area contributed by atoms with Crippen LogP contribution in [0.4, 0.5) is 0 Å². The van der Waals surface area contributed by atoms with E-state index in [4.69, 9.17) is 15.0 Å². The largest absolute Gasteiger partial charge is 2.00 e. The summed E-state index contributed by atoms with van der Waals surface area (Å²) in [5.74, 6) is 2.35. The van der Waals surface area contributed by atoms with Gasteiger partial charge in [0.1, 0.15) is 11.6 Å². The van der Waals surface area contributed by atoms with Crippen LogP contribution in [-0.4, -0.2) is 24.1 Å². The van der Waals surface area contributed by atoms with Crippen molar-refractivity contribution in [2.75, 3.05) is 0 Å². The molecule has 0 fully saturated rings. The average molecular weight is 1230 g/mol. The van der Waals surface area contributed by atoms with Crippen molar-refractivity contribution in [1.82, 2.24) is 29.1 Å². The number of hydrogen-bond donors (Lipinski definition) is 0. The maximum Gasteiger partial charge on any atom is 2.00 e. The summed E-state index contributed by atoms with van der Waals surface area (Å²) in [5, 5.41) is 4.47. The van der Waals surface area contributed by atoms with Crippen molar-refractivity contribution < 1.29 is 21.1 Å². The van der Waals surface area contributed by atoms with Crippen molar-refractivity contribution in [1.29, 1.82) is 0 Å². The molecule has 0 saturated heterocycles. The molecule has 0 aliphatic carbocycles. The van der Waals surface area contributed by atoms with Crippen molar-refractivity contribution >= 4 is 54.6 Å². The second-order valence-electron chi connectivity index (χ2n) is 22.1. The SMILES string of the molecule is Cc1cc(C)c(-c2cc(-c3[c-]c4c(cc3)c3ccccc3n4-c3cc(-c4ccncc4)ccn3)c3nc(-c4cccc5c4[n-]c4cccc(-c6ccccc6)c45)n(-c4ccc(-c5c(C(C)C)cccc5C(C)C)cc4)c3c2)c(C)c1.[Pt+2]. The quantitative estimate of drug-likeness (QED) is 0.128. The van der Waals surface area contributed by atoms with Crippen molar-refractivity contribution in [2.24, 2.45) is 0 Å². The Morgan fingerprint density at radius 1 is 0.481 bits per heavy atom. The Hall–Kier alpha value is -8.96. The van der Waals surface area contributed by atoms with Gasteiger partial charge in [0.05, 0.1) is 11.0 Å². The van der Waals surface area contributed by atoms with Gasteiger partial charge in [0.2, 0.25) is 0 Å². The van der Waals surface area contributed by atoms with Gasteiger partial charge in [-0.15, -0.1) is 34.8 Å². The van der Waals surface area contributed by atoms with Crippen LogP contribution in [0.1, 0.15) is 67.3 Å². The number of imidazole rings is 1. The van der Waals surface area contributed by atoms with E-state index in [2.05, 4.69) is 251 Å². The number of fused-ring (bicyclic) bond motifs is 7. The first-order valence-corrected chi connectivity index (χ1v) is 27.8. The summed E-state index contributed by atoms with van der Waals surface area (Å²) < 4.78 is 4.65. The van der Waals surface area contributed by atoms with E-state index in [1.807, 2.05) is 30.7 Å². The summed E-state index contributed by atoms with van der Waals surface area (Å²) in [5.41, 5.74) is 25.3. The molecule has 394 valence electrons. The van der Waals surface area contributed by atoms with Gasteiger partial charge in [0, 0.05) is 35.4 Å². The van der Waals surface area contributed by atoms with Gasteiger partial charge < -0.3 is 9.55 Å². The third-order valence-corrected chi connectivity index (χ3v) is 16.3. The van der Waals surface area contributed by atoms with Crippen LogP contribution >= 0.6 is 0 Å². The molecule has 6 nitrogen and oxygen atoms in total. The van der Waals surface area contributed by atoms with E-state index >= 15 is 0 Å². The molecule has 0 radical (unpaired) electrons. The summed E-state index contributed by atoms with van der Waals surface area (Å²) in [7, 11) is 0. The first-order valence-electron chi connectivity index (χ1n) is 27.8. The van der Waals surface area contributed by atoms with E-state index in [1.54, 1.807) is 0 Å². The van der Waals surface area contributed by atoms with Crippen LogP contribution in [0.2, 0.25) is 0 Å². The van der Waals surface area contributed by atoms with Crippen molar-refractivity contribution in [2.45, 2.75) is 60.3 Å². The van der Waals surface area contributed by atoms with Crippen LogP contribution < -0.4 is 4.98 Å². The summed E-state index contributed by atoms with van der Waals surface area (Å²) in [6.07, 6.45) is 5.57. The van der Waals surface area contributed by atoms with E-state index in [0.29, 0.717) is 11.8 Å². The van der Waals surface area contributed by atoms with E-state index in [0.717, 1.165) is 116 Å². The maximum absolute atomic E-state index is 5.91. The van der Waals surface area contributed by atoms with Gasteiger partial charge in [0.25, 0.3) is 0 Å². The van der Waals surface area contributed by atoms with Crippen molar-refractivity contribution in [3.63, 3.8) is 0 Å². The van der Waals surface area contributed by atoms with Gasteiger partial charge in [0.15, 0.2) is 0 Å². The fraction of sp³-hybridized carbons (Fsp3) is 0.122. The zero-order valence-electron chi connectivity index (χ0n) is 46.4. The standard InChI is InChI=1S/C74H58N6.Pt/c1-44(2)56-19-13-20-57(45(3)4)70(56)51-26-29-55(30-27-51)79-67-42-54(69-47(6)38-46(5)39-48(69)7)40-63(73(67)78-74(79)62-23-14-22-61-71-58(50-16-9-8-10-17-50)21-15-24-64(71)77-72(61)62)53-28-31-60-59-18-11-12-25-65(59)80(66(60)41-53)68-43-52(34-37-76-68)49-32-35-75-36-33-49;/h8-40,42-45H,1-7H3;/q-2;+2. The number of para-hydroxylation sites is 2. The predicted octanol–water partition coefficient (Wildman–Crippen LogP) is 19.1. The molecule has 0 aliphatic heterocycles. The van der Waals surface area contributed by atoms with E-state index in [9.17, 15) is 0 Å². The van der Waals surface area contributed by atoms with Crippen LogP contribution in [0.15, 0.2) is 213 Å². The molecule has 81 heavy (non-hydrogen) atoms. The molecule has 5 heterocycles. The Morgan fingerprint density at radius 2 is 1.16 bits per heavy atom. The molecule has 0 atom stereocenters. The van der Waals surface area contributed by atoms with Gasteiger partial charge in [-0.2, -0.15) is 0 Å². The number of nitrogens with zero attached hydrogens (tertiary/aromatic N) is 6. The fourth-order valence-corrected chi connectivity index (χ4v) is 12.8. The minimum Gasteiger partial charge on any atom is -0.656 e. The molecule has 0 N–H and O–H groups in total. The van der Waals surface area contributed by atoms with Crippen LogP contribution in [0.3, 0.4) is 0 Å². The van der Waals surface area contributed by atoms with E-state index in [1.165, 1.54) is 44.5 Å². The number of rotatable bonds is 10. The molecule has 0 spiro atoms. The van der Waals surface area contributed by atoms with Crippen LogP contribution in [0.25, 0.3) is 133 Å². The van der Waals surface area contributed by atoms with Gasteiger partial charge in [-0.05, 0) is 170 Å². The zero-order valence-corrected chi connectivity index (χ0v) is 48.6. The number of benzene rings is 9. The number of aryl methyl sites for hydroxylation is 3. The van der Waals surface area contributed by atoms with Crippen LogP contribution in [0, 0.1) is 26.8 Å². The predicted molar refractivity (Wildman–Crippen MR) is 333 cm³/mol. The van der Waals surface area contributed by atoms with Gasteiger partial charge in [-0.25, -0.2) is 9.97 Å². The monoisotopic (exact) mass is 1230 g/mol. The summed E-state index contributed by atoms with van der Waals surface area (Å²) in [4.78, 5) is 20.8. The van der Waals surface area contributed by atoms with Gasteiger partial charge in [-0.1, -0.05) is 178 Å². The molecule has 9 aromatic carbocycles. The molecule has 0 amide bonds. The second kappa shape index (κ2) is 20.6. The molecule has 0 saturated carbocycles. The third-order valence-electron chi connectivity index (χ3n) is 16.3. The minimum atomic E-state index is 0. The Kier molecular flexibility index (Phi) is 13.1.